The molecule has 2 saturated heterocycles. The molecule has 2 aliphatic heterocycles. The van der Waals surface area contributed by atoms with Crippen LogP contribution in [0.2, 0.25) is 0 Å². The Kier molecular flexibility index (Phi) is 4.11. The van der Waals surface area contributed by atoms with E-state index in [1.54, 1.807) is 11.8 Å². The van der Waals surface area contributed by atoms with Crippen molar-refractivity contribution in [3.63, 3.8) is 0 Å². The van der Waals surface area contributed by atoms with Gasteiger partial charge in [-0.15, -0.1) is 0 Å². The maximum Gasteiger partial charge on any atom is 0.327 e. The lowest BCUT2D eigenvalue weighted by atomic mass is 9.97. The van der Waals surface area contributed by atoms with Crippen LogP contribution in [0.5, 0.6) is 0 Å². The second kappa shape index (κ2) is 5.60. The first-order valence-electron chi connectivity index (χ1n) is 5.97. The predicted molar refractivity (Wildman–Crippen MR) is 66.2 cm³/mol. The monoisotopic (exact) mass is 272 g/mol. The molecule has 0 aromatic rings. The molecule has 0 aliphatic carbocycles. The molecule has 2 N–H and O–H groups in total. The summed E-state index contributed by atoms with van der Waals surface area (Å²) in [6.07, 6.45) is 0.859. The van der Waals surface area contributed by atoms with Crippen molar-refractivity contribution >= 4 is 29.5 Å². The second-order valence-corrected chi connectivity index (χ2v) is 5.65. The zero-order valence-electron chi connectivity index (χ0n) is 9.92. The molecule has 0 spiro atoms. The number of hydrogen-bond donors (Lipinski definition) is 2. The van der Waals surface area contributed by atoms with E-state index in [0.717, 1.165) is 5.75 Å². The highest BCUT2D eigenvalue weighted by Crippen LogP contribution is 2.21. The molecular weight excluding hydrogens is 256 g/mol. The minimum absolute atomic E-state index is 0.0389. The van der Waals surface area contributed by atoms with Gasteiger partial charge >= 0.3 is 5.97 Å². The highest BCUT2D eigenvalue weighted by atomic mass is 32.2. The van der Waals surface area contributed by atoms with Gasteiger partial charge in [0, 0.05) is 31.0 Å². The Morgan fingerprint density at radius 2 is 2.22 bits per heavy atom. The summed E-state index contributed by atoms with van der Waals surface area (Å²) in [6.45, 7) is 0.804. The van der Waals surface area contributed by atoms with Crippen LogP contribution < -0.4 is 5.32 Å². The van der Waals surface area contributed by atoms with Crippen molar-refractivity contribution in [3.8, 4) is 0 Å². The van der Waals surface area contributed by atoms with Crippen LogP contribution in [0, 0.1) is 5.92 Å². The van der Waals surface area contributed by atoms with Crippen LogP contribution in [-0.2, 0) is 14.4 Å². The topological polar surface area (TPSA) is 86.7 Å². The standard InChI is InChI=1S/C11H16N2O4S/c14-9-2-1-7(5-12-9)10(15)13-3-4-18-6-8(13)11(16)17/h7-8H,1-6H2,(H,12,14)(H,16,17). The SMILES string of the molecule is O=C1CCC(C(=O)N2CCSCC2C(=O)O)CN1. The van der Waals surface area contributed by atoms with E-state index in [2.05, 4.69) is 5.32 Å². The van der Waals surface area contributed by atoms with Crippen LogP contribution in [0.1, 0.15) is 12.8 Å². The van der Waals surface area contributed by atoms with Crippen molar-refractivity contribution in [2.45, 2.75) is 18.9 Å². The van der Waals surface area contributed by atoms with Gasteiger partial charge in [-0.2, -0.15) is 11.8 Å². The molecule has 2 heterocycles. The van der Waals surface area contributed by atoms with E-state index in [1.165, 1.54) is 4.90 Å². The third-order valence-electron chi connectivity index (χ3n) is 3.31. The smallest absolute Gasteiger partial charge is 0.327 e. The number of aliphatic carboxylic acids is 1. The quantitative estimate of drug-likeness (QED) is 0.710. The van der Waals surface area contributed by atoms with Gasteiger partial charge in [-0.3, -0.25) is 9.59 Å². The Labute approximate surface area is 109 Å². The van der Waals surface area contributed by atoms with E-state index in [4.69, 9.17) is 5.11 Å². The number of piperidine rings is 1. The third-order valence-corrected chi connectivity index (χ3v) is 4.33. The summed E-state index contributed by atoms with van der Waals surface area (Å²) in [5.41, 5.74) is 0. The third kappa shape index (κ3) is 2.77. The Bertz CT molecular complexity index is 364. The summed E-state index contributed by atoms with van der Waals surface area (Å²) >= 11 is 1.56. The zero-order chi connectivity index (χ0) is 13.1. The minimum atomic E-state index is -0.949. The molecule has 100 valence electrons. The van der Waals surface area contributed by atoms with Crippen molar-refractivity contribution in [1.82, 2.24) is 10.2 Å². The molecule has 2 aliphatic rings. The fourth-order valence-electron chi connectivity index (χ4n) is 2.25. The van der Waals surface area contributed by atoms with Crippen molar-refractivity contribution in [1.29, 1.82) is 0 Å². The van der Waals surface area contributed by atoms with Crippen molar-refractivity contribution in [2.75, 3.05) is 24.6 Å². The summed E-state index contributed by atoms with van der Waals surface area (Å²) in [5.74, 6) is -0.178. The number of nitrogens with one attached hydrogen (secondary N) is 1. The molecule has 2 fully saturated rings. The van der Waals surface area contributed by atoms with Crippen LogP contribution in [0.15, 0.2) is 0 Å². The van der Waals surface area contributed by atoms with Gasteiger partial charge in [-0.1, -0.05) is 0 Å². The first-order valence-corrected chi connectivity index (χ1v) is 7.13. The Hall–Kier alpha value is -1.24. The number of carbonyl (C=O) groups is 3. The van der Waals surface area contributed by atoms with Gasteiger partial charge in [0.2, 0.25) is 11.8 Å². The summed E-state index contributed by atoms with van der Waals surface area (Å²) in [4.78, 5) is 35.9. The molecular formula is C11H16N2O4S. The molecule has 7 heteroatoms. The molecule has 18 heavy (non-hydrogen) atoms. The molecule has 2 unspecified atom stereocenters. The van der Waals surface area contributed by atoms with Crippen molar-refractivity contribution in [2.24, 2.45) is 5.92 Å². The molecule has 2 amide bonds. The van der Waals surface area contributed by atoms with Crippen molar-refractivity contribution < 1.29 is 19.5 Å². The predicted octanol–water partition coefficient (Wildman–Crippen LogP) is -0.459. The summed E-state index contributed by atoms with van der Waals surface area (Å²) in [5, 5.41) is 11.8. The summed E-state index contributed by atoms with van der Waals surface area (Å²) in [7, 11) is 0. The van der Waals surface area contributed by atoms with Gasteiger partial charge in [0.25, 0.3) is 0 Å². The van der Waals surface area contributed by atoms with E-state index in [1.807, 2.05) is 0 Å². The van der Waals surface area contributed by atoms with Gasteiger partial charge in [0.1, 0.15) is 6.04 Å². The van der Waals surface area contributed by atoms with Gasteiger partial charge in [0.05, 0.1) is 5.92 Å². The Balaban J connectivity index is 2.02. The molecule has 2 atom stereocenters. The Morgan fingerprint density at radius 1 is 1.44 bits per heavy atom. The summed E-state index contributed by atoms with van der Waals surface area (Å²) in [6, 6.07) is -0.728. The average Bonchev–Trinajstić information content (AvgIpc) is 2.39. The first kappa shape index (κ1) is 13.2. The number of carboxylic acids is 1. The average molecular weight is 272 g/mol. The number of thioether (sulfide) groups is 1. The highest BCUT2D eigenvalue weighted by Gasteiger charge is 2.36. The van der Waals surface area contributed by atoms with E-state index in [0.29, 0.717) is 31.7 Å². The van der Waals surface area contributed by atoms with E-state index < -0.39 is 12.0 Å². The van der Waals surface area contributed by atoms with Crippen LogP contribution in [0.25, 0.3) is 0 Å². The first-order chi connectivity index (χ1) is 8.59. The highest BCUT2D eigenvalue weighted by molar-refractivity contribution is 7.99. The Morgan fingerprint density at radius 3 is 2.83 bits per heavy atom. The maximum atomic E-state index is 12.3. The zero-order valence-corrected chi connectivity index (χ0v) is 10.7. The number of carbonyl (C=O) groups excluding carboxylic acids is 2. The maximum absolute atomic E-state index is 12.3. The lowest BCUT2D eigenvalue weighted by Gasteiger charge is -2.36. The summed E-state index contributed by atoms with van der Waals surface area (Å²) < 4.78 is 0. The fraction of sp³-hybridized carbons (Fsp3) is 0.727. The van der Waals surface area contributed by atoms with Crippen LogP contribution in [0.3, 0.4) is 0 Å². The molecule has 0 aromatic carbocycles. The van der Waals surface area contributed by atoms with E-state index in [-0.39, 0.29) is 17.7 Å². The molecule has 2 rings (SSSR count). The van der Waals surface area contributed by atoms with Gasteiger partial charge in [-0.25, -0.2) is 4.79 Å². The van der Waals surface area contributed by atoms with E-state index >= 15 is 0 Å². The lowest BCUT2D eigenvalue weighted by molar-refractivity contribution is -0.151. The molecule has 0 radical (unpaired) electrons. The van der Waals surface area contributed by atoms with Gasteiger partial charge in [0.15, 0.2) is 0 Å². The molecule has 0 bridgehead atoms. The number of carboxylic acid groups (broad SMARTS) is 1. The normalized spacial score (nSPS) is 28.7. The second-order valence-electron chi connectivity index (χ2n) is 4.50. The number of hydrogen-bond acceptors (Lipinski definition) is 4. The van der Waals surface area contributed by atoms with Crippen LogP contribution in [0.4, 0.5) is 0 Å². The van der Waals surface area contributed by atoms with Gasteiger partial charge in [-0.05, 0) is 6.42 Å². The lowest BCUT2D eigenvalue weighted by Crippen LogP contribution is -2.54. The molecule has 0 saturated carbocycles. The minimum Gasteiger partial charge on any atom is -0.480 e. The van der Waals surface area contributed by atoms with Crippen molar-refractivity contribution in [3.05, 3.63) is 0 Å². The van der Waals surface area contributed by atoms with Crippen LogP contribution >= 0.6 is 11.8 Å². The van der Waals surface area contributed by atoms with Crippen LogP contribution in [-0.4, -0.2) is 58.4 Å². The molecule has 6 nitrogen and oxygen atoms in total. The number of amides is 2. The fourth-order valence-corrected chi connectivity index (χ4v) is 3.29. The van der Waals surface area contributed by atoms with Gasteiger partial charge < -0.3 is 15.3 Å². The van der Waals surface area contributed by atoms with E-state index in [9.17, 15) is 14.4 Å². The molecule has 0 aromatic heterocycles. The number of nitrogens with zero attached hydrogens (tertiary/aromatic N) is 1. The number of rotatable bonds is 2. The largest absolute Gasteiger partial charge is 0.480 e.